The van der Waals surface area contributed by atoms with Crippen molar-refractivity contribution in [1.82, 2.24) is 24.8 Å². The number of benzene rings is 1. The fourth-order valence-corrected chi connectivity index (χ4v) is 3.54. The van der Waals surface area contributed by atoms with E-state index in [2.05, 4.69) is 20.0 Å². The molecule has 0 aliphatic heterocycles. The first-order valence-corrected chi connectivity index (χ1v) is 11.3. The number of ketones is 1. The molecule has 0 spiro atoms. The van der Waals surface area contributed by atoms with E-state index in [-0.39, 0.29) is 42.2 Å². The highest BCUT2D eigenvalue weighted by atomic mass is 19.1. The molecular weight excluding hydrogens is 469 g/mol. The van der Waals surface area contributed by atoms with Crippen LogP contribution >= 0.6 is 0 Å². The maximum atomic E-state index is 13.5. The number of carbonyl (C=O) groups is 3. The SMILES string of the molecule is COC(=O)N[C@@H](CC/C=C/C(=O)N(C)C)C(=O)Cc1cccn(Cc2nc3ccc(F)cc3[nH]2)c1=O. The normalized spacial score (nSPS) is 12.0. The number of imidazole rings is 1. The van der Waals surface area contributed by atoms with Crippen LogP contribution < -0.4 is 10.9 Å². The van der Waals surface area contributed by atoms with E-state index in [1.165, 1.54) is 34.8 Å². The zero-order valence-electron chi connectivity index (χ0n) is 20.3. The number of amides is 2. The van der Waals surface area contributed by atoms with Crippen LogP contribution in [0.25, 0.3) is 11.0 Å². The number of allylic oxidation sites excluding steroid dienone is 1. The number of Topliss-reactive ketones (excluding diaryl/α,β-unsaturated/α-hetero) is 1. The highest BCUT2D eigenvalue weighted by Gasteiger charge is 2.22. The Hall–Kier alpha value is -4.28. The van der Waals surface area contributed by atoms with Gasteiger partial charge in [-0.05, 0) is 43.2 Å². The largest absolute Gasteiger partial charge is 0.453 e. The van der Waals surface area contributed by atoms with E-state index in [0.29, 0.717) is 23.3 Å². The van der Waals surface area contributed by atoms with E-state index in [0.717, 1.165) is 0 Å². The molecule has 0 aliphatic rings. The van der Waals surface area contributed by atoms with Crippen LogP contribution in [-0.4, -0.2) is 64.5 Å². The van der Waals surface area contributed by atoms with Crippen molar-refractivity contribution in [2.75, 3.05) is 21.2 Å². The van der Waals surface area contributed by atoms with Gasteiger partial charge in [-0.1, -0.05) is 12.1 Å². The van der Waals surface area contributed by atoms with Crippen molar-refractivity contribution in [1.29, 1.82) is 0 Å². The van der Waals surface area contributed by atoms with Gasteiger partial charge in [-0.3, -0.25) is 14.4 Å². The third-order valence-electron chi connectivity index (χ3n) is 5.47. The molecule has 3 rings (SSSR count). The number of H-pyrrole nitrogens is 1. The minimum absolute atomic E-state index is 0.103. The van der Waals surface area contributed by atoms with E-state index in [1.807, 2.05) is 0 Å². The lowest BCUT2D eigenvalue weighted by atomic mass is 10.0. The molecule has 0 unspecified atom stereocenters. The number of rotatable bonds is 10. The highest BCUT2D eigenvalue weighted by molar-refractivity contribution is 5.89. The zero-order chi connectivity index (χ0) is 26.2. The van der Waals surface area contributed by atoms with Crippen molar-refractivity contribution < 1.29 is 23.5 Å². The second kappa shape index (κ2) is 11.9. The monoisotopic (exact) mass is 497 g/mol. The number of nitrogens with one attached hydrogen (secondary N) is 2. The molecule has 0 fully saturated rings. The maximum Gasteiger partial charge on any atom is 0.407 e. The summed E-state index contributed by atoms with van der Waals surface area (Å²) in [7, 11) is 4.44. The Balaban J connectivity index is 1.73. The van der Waals surface area contributed by atoms with Crippen molar-refractivity contribution in [3.8, 4) is 0 Å². The molecule has 2 N–H and O–H groups in total. The van der Waals surface area contributed by atoms with Crippen LogP contribution in [0.4, 0.5) is 9.18 Å². The first kappa shape index (κ1) is 26.3. The minimum atomic E-state index is -0.908. The number of aromatic nitrogens is 3. The summed E-state index contributed by atoms with van der Waals surface area (Å²) in [4.78, 5) is 58.2. The summed E-state index contributed by atoms with van der Waals surface area (Å²) in [6.07, 6.45) is 4.18. The number of hydrogen-bond donors (Lipinski definition) is 2. The number of nitrogens with zero attached hydrogens (tertiary/aromatic N) is 3. The lowest BCUT2D eigenvalue weighted by Crippen LogP contribution is -2.42. The standard InChI is InChI=1S/C25H28FN5O5/c1-30(2)23(33)9-5-4-8-19(29-25(35)36-3)21(32)13-16-7-6-12-31(24(16)34)15-22-27-18-11-10-17(26)14-20(18)28-22/h5-7,9-12,14,19H,4,8,13,15H2,1-3H3,(H,27,28)(H,29,35)/b9-5+/t19-/m0/s1. The highest BCUT2D eigenvalue weighted by Crippen LogP contribution is 2.13. The van der Waals surface area contributed by atoms with Crippen molar-refractivity contribution >= 4 is 28.8 Å². The molecule has 0 saturated heterocycles. The van der Waals surface area contributed by atoms with E-state index in [9.17, 15) is 23.6 Å². The number of likely N-dealkylation sites (N-methyl/N-ethyl adjacent to an activating group) is 1. The number of methoxy groups -OCH3 is 1. The van der Waals surface area contributed by atoms with E-state index >= 15 is 0 Å². The van der Waals surface area contributed by atoms with E-state index in [1.54, 1.807) is 44.6 Å². The number of fused-ring (bicyclic) bond motifs is 1. The molecule has 1 atom stereocenters. The summed E-state index contributed by atoms with van der Waals surface area (Å²) >= 11 is 0. The Morgan fingerprint density at radius 2 is 2.06 bits per heavy atom. The minimum Gasteiger partial charge on any atom is -0.453 e. The lowest BCUT2D eigenvalue weighted by molar-refractivity contribution is -0.123. The Bertz CT molecular complexity index is 1340. The fraction of sp³-hybridized carbons (Fsp3) is 0.320. The van der Waals surface area contributed by atoms with Gasteiger partial charge in [0.25, 0.3) is 5.56 Å². The number of halogens is 1. The summed E-state index contributed by atoms with van der Waals surface area (Å²) in [5.74, 6) is -0.504. The van der Waals surface area contributed by atoms with Crippen molar-refractivity contribution in [3.05, 3.63) is 76.2 Å². The second-order valence-corrected chi connectivity index (χ2v) is 8.36. The van der Waals surface area contributed by atoms with Crippen LogP contribution in [0.3, 0.4) is 0 Å². The van der Waals surface area contributed by atoms with Crippen LogP contribution in [0, 0.1) is 5.82 Å². The van der Waals surface area contributed by atoms with Gasteiger partial charge in [-0.2, -0.15) is 0 Å². The summed E-state index contributed by atoms with van der Waals surface area (Å²) in [5, 5.41) is 2.50. The number of pyridine rings is 1. The molecule has 2 heterocycles. The Kier molecular flexibility index (Phi) is 8.71. The molecule has 190 valence electrons. The Morgan fingerprint density at radius 3 is 2.78 bits per heavy atom. The van der Waals surface area contributed by atoms with E-state index in [4.69, 9.17) is 0 Å². The molecule has 0 radical (unpaired) electrons. The first-order valence-electron chi connectivity index (χ1n) is 11.3. The summed E-state index contributed by atoms with van der Waals surface area (Å²) in [5.41, 5.74) is 0.955. The van der Waals surface area contributed by atoms with Gasteiger partial charge in [-0.15, -0.1) is 0 Å². The third-order valence-corrected chi connectivity index (χ3v) is 5.47. The molecule has 0 aliphatic carbocycles. The van der Waals surface area contributed by atoms with Gasteiger partial charge in [0, 0.05) is 32.3 Å². The molecular formula is C25H28FN5O5. The van der Waals surface area contributed by atoms with Gasteiger partial charge in [0.2, 0.25) is 5.91 Å². The molecule has 0 bridgehead atoms. The molecule has 3 aromatic rings. The molecule has 0 saturated carbocycles. The average Bonchev–Trinajstić information content (AvgIpc) is 3.24. The van der Waals surface area contributed by atoms with Gasteiger partial charge in [0.05, 0.1) is 30.7 Å². The number of carbonyl (C=O) groups excluding carboxylic acids is 3. The van der Waals surface area contributed by atoms with Crippen LogP contribution in [0.15, 0.2) is 53.5 Å². The number of alkyl carbamates (subject to hydrolysis) is 1. The van der Waals surface area contributed by atoms with Gasteiger partial charge in [0.15, 0.2) is 5.78 Å². The fourth-order valence-electron chi connectivity index (χ4n) is 3.54. The number of ether oxygens (including phenoxy) is 1. The summed E-state index contributed by atoms with van der Waals surface area (Å²) in [6, 6.07) is 6.46. The zero-order valence-corrected chi connectivity index (χ0v) is 20.3. The number of aromatic amines is 1. The maximum absolute atomic E-state index is 13.5. The van der Waals surface area contributed by atoms with Gasteiger partial charge >= 0.3 is 6.09 Å². The Labute approximate surface area is 206 Å². The average molecular weight is 498 g/mol. The molecule has 11 heteroatoms. The van der Waals surface area contributed by atoms with Crippen molar-refractivity contribution in [3.63, 3.8) is 0 Å². The molecule has 2 aromatic heterocycles. The van der Waals surface area contributed by atoms with Crippen LogP contribution in [0.2, 0.25) is 0 Å². The number of hydrogen-bond acceptors (Lipinski definition) is 6. The molecule has 1 aromatic carbocycles. The van der Waals surface area contributed by atoms with Gasteiger partial charge in [0.1, 0.15) is 11.6 Å². The van der Waals surface area contributed by atoms with Crippen molar-refractivity contribution in [2.24, 2.45) is 0 Å². The van der Waals surface area contributed by atoms with Gasteiger partial charge in [-0.25, -0.2) is 14.2 Å². The van der Waals surface area contributed by atoms with Crippen molar-refractivity contribution in [2.45, 2.75) is 31.8 Å². The predicted molar refractivity (Wildman–Crippen MR) is 131 cm³/mol. The predicted octanol–water partition coefficient (Wildman–Crippen LogP) is 2.17. The molecule has 2 amide bonds. The molecule has 10 nitrogen and oxygen atoms in total. The topological polar surface area (TPSA) is 126 Å². The molecule has 36 heavy (non-hydrogen) atoms. The summed E-state index contributed by atoms with van der Waals surface area (Å²) < 4.78 is 19.5. The van der Waals surface area contributed by atoms with Crippen LogP contribution in [0.1, 0.15) is 24.2 Å². The quantitative estimate of drug-likeness (QED) is 0.414. The van der Waals surface area contributed by atoms with E-state index < -0.39 is 18.0 Å². The second-order valence-electron chi connectivity index (χ2n) is 8.36. The third kappa shape index (κ3) is 6.87. The smallest absolute Gasteiger partial charge is 0.407 e. The van der Waals surface area contributed by atoms with Crippen LogP contribution in [-0.2, 0) is 27.3 Å². The lowest BCUT2D eigenvalue weighted by Gasteiger charge is -2.16. The first-order chi connectivity index (χ1) is 17.2. The van der Waals surface area contributed by atoms with Crippen LogP contribution in [0.5, 0.6) is 0 Å². The summed E-state index contributed by atoms with van der Waals surface area (Å²) in [6.45, 7) is 0.103. The van der Waals surface area contributed by atoms with Gasteiger partial charge < -0.3 is 24.5 Å². The Morgan fingerprint density at radius 1 is 1.28 bits per heavy atom.